The van der Waals surface area contributed by atoms with Gasteiger partial charge in [0.15, 0.2) is 0 Å². The van der Waals surface area contributed by atoms with E-state index in [0.29, 0.717) is 18.8 Å². The molecule has 0 atom stereocenters. The Bertz CT molecular complexity index is 635. The Kier molecular flexibility index (Phi) is 5.30. The van der Waals surface area contributed by atoms with Crippen LogP contribution in [0.3, 0.4) is 0 Å². The minimum Gasteiger partial charge on any atom is -0.495 e. The molecular formula is C16H20N4O2. The number of amidine groups is 1. The molecule has 0 saturated carbocycles. The number of nitrogens with one attached hydrogen (secondary N) is 1. The first-order valence-electron chi connectivity index (χ1n) is 6.99. The van der Waals surface area contributed by atoms with Gasteiger partial charge in [-0.3, -0.25) is 14.8 Å². The molecule has 0 bridgehead atoms. The lowest BCUT2D eigenvalue weighted by molar-refractivity contribution is -0.118. The summed E-state index contributed by atoms with van der Waals surface area (Å²) in [5, 5.41) is 2.78. The van der Waals surface area contributed by atoms with Crippen molar-refractivity contribution in [1.29, 1.82) is 0 Å². The van der Waals surface area contributed by atoms with E-state index >= 15 is 0 Å². The molecule has 6 nitrogen and oxygen atoms in total. The standard InChI is InChI=1S/C16H20N4O2/c1-12(21)19-14-5-4-8-20(2)16(18-7-6-14)13-9-15(22-3)11-17-10-13/h4-6,9-11H,7-8H2,1-3H3,(H,19,21). The molecule has 1 aliphatic rings. The molecule has 1 N–H and O–H groups in total. The molecule has 6 heteroatoms. The minimum atomic E-state index is -0.0929. The molecule has 0 aromatic carbocycles. The lowest BCUT2D eigenvalue weighted by atomic mass is 10.2. The third kappa shape index (κ3) is 4.18. The van der Waals surface area contributed by atoms with Crippen LogP contribution in [-0.4, -0.2) is 48.9 Å². The first kappa shape index (κ1) is 15.8. The van der Waals surface area contributed by atoms with Crippen molar-refractivity contribution < 1.29 is 9.53 Å². The van der Waals surface area contributed by atoms with Gasteiger partial charge in [0, 0.05) is 38.0 Å². The first-order chi connectivity index (χ1) is 10.6. The highest BCUT2D eigenvalue weighted by Crippen LogP contribution is 2.13. The third-order valence-corrected chi connectivity index (χ3v) is 3.12. The normalized spacial score (nSPS) is 15.1. The number of aromatic nitrogens is 1. The van der Waals surface area contributed by atoms with E-state index in [0.717, 1.165) is 17.1 Å². The maximum atomic E-state index is 11.2. The van der Waals surface area contributed by atoms with Crippen molar-refractivity contribution in [1.82, 2.24) is 15.2 Å². The highest BCUT2D eigenvalue weighted by Gasteiger charge is 2.11. The van der Waals surface area contributed by atoms with Crippen LogP contribution < -0.4 is 10.1 Å². The lowest BCUT2D eigenvalue weighted by Crippen LogP contribution is -2.28. The summed E-state index contributed by atoms with van der Waals surface area (Å²) in [7, 11) is 3.58. The summed E-state index contributed by atoms with van der Waals surface area (Å²) in [5.41, 5.74) is 1.65. The van der Waals surface area contributed by atoms with Crippen molar-refractivity contribution >= 4 is 11.7 Å². The predicted molar refractivity (Wildman–Crippen MR) is 85.9 cm³/mol. The molecule has 1 aromatic heterocycles. The first-order valence-corrected chi connectivity index (χ1v) is 6.99. The van der Waals surface area contributed by atoms with Crippen molar-refractivity contribution in [2.75, 3.05) is 27.2 Å². The fourth-order valence-electron chi connectivity index (χ4n) is 2.10. The summed E-state index contributed by atoms with van der Waals surface area (Å²) in [6.45, 7) is 2.63. The Balaban J connectivity index is 2.28. The van der Waals surface area contributed by atoms with E-state index in [1.54, 1.807) is 19.5 Å². The maximum Gasteiger partial charge on any atom is 0.221 e. The molecule has 1 amide bonds. The molecule has 0 fully saturated rings. The molecule has 2 rings (SSSR count). The second kappa shape index (κ2) is 7.40. The van der Waals surface area contributed by atoms with Crippen molar-refractivity contribution in [3.05, 3.63) is 47.9 Å². The summed E-state index contributed by atoms with van der Waals surface area (Å²) in [6.07, 6.45) is 9.17. The average molecular weight is 300 g/mol. The van der Waals surface area contributed by atoms with Gasteiger partial charge in [-0.2, -0.15) is 0 Å². The number of ether oxygens (including phenoxy) is 1. The number of carbonyl (C=O) groups excluding carboxylic acids is 1. The van der Waals surface area contributed by atoms with Gasteiger partial charge in [0.25, 0.3) is 0 Å². The zero-order valence-electron chi connectivity index (χ0n) is 13.0. The minimum absolute atomic E-state index is 0.0929. The van der Waals surface area contributed by atoms with Crippen LogP contribution in [0.25, 0.3) is 0 Å². The van der Waals surface area contributed by atoms with Gasteiger partial charge in [0.1, 0.15) is 11.6 Å². The van der Waals surface area contributed by atoms with Crippen LogP contribution in [0.1, 0.15) is 12.5 Å². The Labute approximate surface area is 130 Å². The molecule has 1 aliphatic heterocycles. The third-order valence-electron chi connectivity index (χ3n) is 3.12. The van der Waals surface area contributed by atoms with Crippen LogP contribution in [0.15, 0.2) is 47.4 Å². The maximum absolute atomic E-state index is 11.2. The molecule has 1 aromatic rings. The Morgan fingerprint density at radius 3 is 2.95 bits per heavy atom. The lowest BCUT2D eigenvalue weighted by Gasteiger charge is -2.19. The topological polar surface area (TPSA) is 66.8 Å². The molecule has 0 aliphatic carbocycles. The van der Waals surface area contributed by atoms with Gasteiger partial charge >= 0.3 is 0 Å². The number of nitrogens with zero attached hydrogens (tertiary/aromatic N) is 3. The van der Waals surface area contributed by atoms with Crippen LogP contribution >= 0.6 is 0 Å². The van der Waals surface area contributed by atoms with Gasteiger partial charge < -0.3 is 15.0 Å². The SMILES string of the molecule is COc1cncc(C2=NCC=C(NC(C)=O)C=CCN2C)c1. The highest BCUT2D eigenvalue weighted by molar-refractivity contribution is 5.98. The van der Waals surface area contributed by atoms with Gasteiger partial charge in [-0.25, -0.2) is 0 Å². The smallest absolute Gasteiger partial charge is 0.221 e. The van der Waals surface area contributed by atoms with Crippen LogP contribution in [0.2, 0.25) is 0 Å². The number of carbonyl (C=O) groups is 1. The summed E-state index contributed by atoms with van der Waals surface area (Å²) >= 11 is 0. The van der Waals surface area contributed by atoms with Crippen LogP contribution in [0.5, 0.6) is 5.75 Å². The van der Waals surface area contributed by atoms with Crippen molar-refractivity contribution in [3.63, 3.8) is 0 Å². The molecule has 116 valence electrons. The summed E-state index contributed by atoms with van der Waals surface area (Å²) in [4.78, 5) is 22.0. The number of aliphatic imine (C=N–C) groups is 1. The molecule has 0 saturated heterocycles. The van der Waals surface area contributed by atoms with Gasteiger partial charge in [-0.05, 0) is 18.2 Å². The Morgan fingerprint density at radius 1 is 1.41 bits per heavy atom. The van der Waals surface area contributed by atoms with Crippen molar-refractivity contribution in [3.8, 4) is 5.75 Å². The van der Waals surface area contributed by atoms with E-state index in [4.69, 9.17) is 4.74 Å². The molecule has 0 radical (unpaired) electrons. The van der Waals surface area contributed by atoms with E-state index < -0.39 is 0 Å². The number of rotatable bonds is 3. The largest absolute Gasteiger partial charge is 0.495 e. The number of pyridine rings is 1. The van der Waals surface area contributed by atoms with Crippen LogP contribution in [-0.2, 0) is 4.79 Å². The van der Waals surface area contributed by atoms with E-state index in [2.05, 4.69) is 15.3 Å². The number of hydrogen-bond donors (Lipinski definition) is 1. The Morgan fingerprint density at radius 2 is 2.23 bits per heavy atom. The number of allylic oxidation sites excluding steroid dienone is 1. The van der Waals surface area contributed by atoms with Crippen LogP contribution in [0, 0.1) is 0 Å². The fourth-order valence-corrected chi connectivity index (χ4v) is 2.10. The van der Waals surface area contributed by atoms with E-state index in [-0.39, 0.29) is 5.91 Å². The van der Waals surface area contributed by atoms with E-state index in [1.807, 2.05) is 36.2 Å². The van der Waals surface area contributed by atoms with E-state index in [9.17, 15) is 4.79 Å². The zero-order valence-corrected chi connectivity index (χ0v) is 13.0. The zero-order chi connectivity index (χ0) is 15.9. The monoisotopic (exact) mass is 300 g/mol. The summed E-state index contributed by atoms with van der Waals surface area (Å²) in [6, 6.07) is 1.91. The van der Waals surface area contributed by atoms with Crippen molar-refractivity contribution in [2.24, 2.45) is 4.99 Å². The Hall–Kier alpha value is -2.63. The number of likely N-dealkylation sites (N-methyl/N-ethyl adjacent to an activating group) is 1. The van der Waals surface area contributed by atoms with Gasteiger partial charge in [0.05, 0.1) is 19.9 Å². The fraction of sp³-hybridized carbons (Fsp3) is 0.312. The summed E-state index contributed by atoms with van der Waals surface area (Å²) in [5.74, 6) is 1.43. The average Bonchev–Trinajstić information content (AvgIpc) is 2.58. The number of methoxy groups -OCH3 is 1. The quantitative estimate of drug-likeness (QED) is 0.915. The highest BCUT2D eigenvalue weighted by atomic mass is 16.5. The molecular weight excluding hydrogens is 280 g/mol. The van der Waals surface area contributed by atoms with Gasteiger partial charge in [-0.1, -0.05) is 6.08 Å². The predicted octanol–water partition coefficient (Wildman–Crippen LogP) is 1.36. The van der Waals surface area contributed by atoms with Crippen molar-refractivity contribution in [2.45, 2.75) is 6.92 Å². The summed E-state index contributed by atoms with van der Waals surface area (Å²) < 4.78 is 5.21. The molecule has 22 heavy (non-hydrogen) atoms. The van der Waals surface area contributed by atoms with Gasteiger partial charge in [-0.15, -0.1) is 0 Å². The molecule has 0 spiro atoms. The van der Waals surface area contributed by atoms with Gasteiger partial charge in [0.2, 0.25) is 5.91 Å². The van der Waals surface area contributed by atoms with E-state index in [1.165, 1.54) is 6.92 Å². The van der Waals surface area contributed by atoms with Crippen LogP contribution in [0.4, 0.5) is 0 Å². The number of hydrogen-bond acceptors (Lipinski definition) is 5. The molecule has 0 unspecified atom stereocenters. The second-order valence-electron chi connectivity index (χ2n) is 4.90. The second-order valence-corrected chi connectivity index (χ2v) is 4.90. The molecule has 2 heterocycles. The number of amides is 1.